The van der Waals surface area contributed by atoms with Crippen molar-refractivity contribution in [2.45, 2.75) is 42.7 Å². The van der Waals surface area contributed by atoms with Crippen molar-refractivity contribution in [1.82, 2.24) is 4.72 Å². The molecule has 0 radical (unpaired) electrons. The van der Waals surface area contributed by atoms with Gasteiger partial charge in [0.1, 0.15) is 0 Å². The summed E-state index contributed by atoms with van der Waals surface area (Å²) in [5.41, 5.74) is 2.12. The van der Waals surface area contributed by atoms with Crippen LogP contribution in [-0.2, 0) is 21.2 Å². The normalized spacial score (nSPS) is 25.4. The van der Waals surface area contributed by atoms with Gasteiger partial charge in [0.2, 0.25) is 10.0 Å². The summed E-state index contributed by atoms with van der Waals surface area (Å²) in [7, 11) is -1.77. The second kappa shape index (κ2) is 5.35. The topological polar surface area (TPSA) is 67.4 Å². The van der Waals surface area contributed by atoms with Gasteiger partial charge in [-0.2, -0.15) is 0 Å². The number of sulfonamides is 1. The first-order valence-electron chi connectivity index (χ1n) is 7.00. The predicted molar refractivity (Wildman–Crippen MR) is 77.4 cm³/mol. The van der Waals surface area contributed by atoms with Crippen molar-refractivity contribution in [3.05, 3.63) is 23.8 Å². The molecule has 0 saturated heterocycles. The van der Waals surface area contributed by atoms with Gasteiger partial charge in [-0.1, -0.05) is 6.07 Å². The zero-order valence-corrected chi connectivity index (χ0v) is 12.4. The molecule has 3 rings (SSSR count). The summed E-state index contributed by atoms with van der Waals surface area (Å²) in [6.07, 6.45) is 3.63. The Morgan fingerprint density at radius 1 is 1.35 bits per heavy atom. The summed E-state index contributed by atoms with van der Waals surface area (Å²) < 4.78 is 32.9. The minimum atomic E-state index is -3.44. The van der Waals surface area contributed by atoms with E-state index >= 15 is 0 Å². The van der Waals surface area contributed by atoms with E-state index in [0.717, 1.165) is 37.9 Å². The van der Waals surface area contributed by atoms with Gasteiger partial charge in [-0.05, 0) is 43.4 Å². The number of hydrogen-bond acceptors (Lipinski definition) is 4. The van der Waals surface area contributed by atoms with Crippen molar-refractivity contribution in [3.8, 4) is 0 Å². The Bertz CT molecular complexity index is 600. The molecule has 0 spiro atoms. The molecule has 1 saturated carbocycles. The number of nitrogens with one attached hydrogen (secondary N) is 2. The molecular weight excluding hydrogens is 276 g/mol. The Kier molecular flexibility index (Phi) is 3.70. The lowest BCUT2D eigenvalue weighted by Crippen LogP contribution is -2.33. The van der Waals surface area contributed by atoms with Crippen LogP contribution in [0.4, 0.5) is 5.69 Å². The maximum absolute atomic E-state index is 12.4. The van der Waals surface area contributed by atoms with Gasteiger partial charge in [-0.25, -0.2) is 13.1 Å². The lowest BCUT2D eigenvalue weighted by molar-refractivity contribution is 0.107. The third-order valence-electron chi connectivity index (χ3n) is 4.14. The third-order valence-corrected chi connectivity index (χ3v) is 5.66. The molecule has 1 aliphatic heterocycles. The van der Waals surface area contributed by atoms with Crippen LogP contribution in [0, 0.1) is 0 Å². The molecule has 2 aliphatic rings. The zero-order chi connectivity index (χ0) is 14.2. The molecule has 0 bridgehead atoms. The maximum atomic E-state index is 12.4. The van der Waals surface area contributed by atoms with Crippen molar-refractivity contribution in [1.29, 1.82) is 0 Å². The highest BCUT2D eigenvalue weighted by molar-refractivity contribution is 7.89. The average Bonchev–Trinajstić information content (AvgIpc) is 3.05. The molecule has 2 atom stereocenters. The molecule has 110 valence electrons. The average molecular weight is 296 g/mol. The first-order valence-corrected chi connectivity index (χ1v) is 8.49. The van der Waals surface area contributed by atoms with E-state index in [-0.39, 0.29) is 12.1 Å². The zero-order valence-electron chi connectivity index (χ0n) is 11.6. The highest BCUT2D eigenvalue weighted by Crippen LogP contribution is 2.27. The lowest BCUT2D eigenvalue weighted by Gasteiger charge is -2.14. The lowest BCUT2D eigenvalue weighted by atomic mass is 10.2. The van der Waals surface area contributed by atoms with E-state index in [4.69, 9.17) is 4.74 Å². The summed E-state index contributed by atoms with van der Waals surface area (Å²) in [6, 6.07) is 5.30. The third kappa shape index (κ3) is 2.68. The van der Waals surface area contributed by atoms with E-state index in [1.807, 2.05) is 6.07 Å². The molecule has 1 aromatic rings. The van der Waals surface area contributed by atoms with E-state index in [0.29, 0.717) is 4.90 Å². The smallest absolute Gasteiger partial charge is 0.240 e. The summed E-state index contributed by atoms with van der Waals surface area (Å²) in [6.45, 7) is 0.879. The molecule has 1 aliphatic carbocycles. The van der Waals surface area contributed by atoms with E-state index < -0.39 is 10.0 Å². The van der Waals surface area contributed by atoms with Gasteiger partial charge in [0.05, 0.1) is 11.0 Å². The number of methoxy groups -OCH3 is 1. The van der Waals surface area contributed by atoms with E-state index in [9.17, 15) is 8.42 Å². The monoisotopic (exact) mass is 296 g/mol. The Morgan fingerprint density at radius 2 is 2.20 bits per heavy atom. The molecule has 0 amide bonds. The maximum Gasteiger partial charge on any atom is 0.240 e. The van der Waals surface area contributed by atoms with Gasteiger partial charge in [-0.15, -0.1) is 0 Å². The van der Waals surface area contributed by atoms with Crippen LogP contribution >= 0.6 is 0 Å². The van der Waals surface area contributed by atoms with Crippen LogP contribution in [0.1, 0.15) is 24.8 Å². The minimum Gasteiger partial charge on any atom is -0.384 e. The van der Waals surface area contributed by atoms with Crippen LogP contribution in [0.5, 0.6) is 0 Å². The van der Waals surface area contributed by atoms with Crippen LogP contribution in [0.3, 0.4) is 0 Å². The predicted octanol–water partition coefficient (Wildman–Crippen LogP) is 1.50. The number of rotatable bonds is 4. The standard InChI is InChI=1S/C14H20N2O3S/c1-19-12-4-3-11(8-12)16-20(17,18)13-5-2-10-6-7-15-14(10)9-13/h2,5,9,11-12,15-16H,3-4,6-8H2,1H3. The van der Waals surface area contributed by atoms with Crippen molar-refractivity contribution in [3.63, 3.8) is 0 Å². The van der Waals surface area contributed by atoms with E-state index in [2.05, 4.69) is 10.0 Å². The number of ether oxygens (including phenoxy) is 1. The Morgan fingerprint density at radius 3 is 2.95 bits per heavy atom. The molecule has 2 N–H and O–H groups in total. The fraction of sp³-hybridized carbons (Fsp3) is 0.571. The highest BCUT2D eigenvalue weighted by Gasteiger charge is 2.29. The minimum absolute atomic E-state index is 0.0221. The number of hydrogen-bond donors (Lipinski definition) is 2. The van der Waals surface area contributed by atoms with Crippen molar-refractivity contribution in [2.75, 3.05) is 19.0 Å². The molecule has 0 aromatic heterocycles. The summed E-state index contributed by atoms with van der Waals surface area (Å²) in [4.78, 5) is 0.339. The summed E-state index contributed by atoms with van der Waals surface area (Å²) >= 11 is 0. The van der Waals surface area contributed by atoms with Crippen LogP contribution in [0.25, 0.3) is 0 Å². The fourth-order valence-electron chi connectivity index (χ4n) is 2.99. The van der Waals surface area contributed by atoms with Crippen LogP contribution in [0.2, 0.25) is 0 Å². The van der Waals surface area contributed by atoms with Crippen molar-refractivity contribution < 1.29 is 13.2 Å². The molecule has 20 heavy (non-hydrogen) atoms. The van der Waals surface area contributed by atoms with E-state index in [1.54, 1.807) is 19.2 Å². The number of anilines is 1. The van der Waals surface area contributed by atoms with E-state index in [1.165, 1.54) is 5.56 Å². The molecule has 1 fully saturated rings. The largest absolute Gasteiger partial charge is 0.384 e. The van der Waals surface area contributed by atoms with Gasteiger partial charge in [-0.3, -0.25) is 0 Å². The van der Waals surface area contributed by atoms with Crippen LogP contribution in [0.15, 0.2) is 23.1 Å². The highest BCUT2D eigenvalue weighted by atomic mass is 32.2. The Labute approximate surface area is 119 Å². The first kappa shape index (κ1) is 13.9. The summed E-state index contributed by atoms with van der Waals surface area (Å²) in [5, 5.41) is 3.21. The van der Waals surface area contributed by atoms with Gasteiger partial charge in [0, 0.05) is 25.4 Å². The van der Waals surface area contributed by atoms with Crippen LogP contribution < -0.4 is 10.0 Å². The fourth-order valence-corrected chi connectivity index (χ4v) is 4.30. The number of fused-ring (bicyclic) bond motifs is 1. The molecular formula is C14H20N2O3S. The second-order valence-corrected chi connectivity index (χ2v) is 7.20. The SMILES string of the molecule is COC1CCC(NS(=O)(=O)c2ccc3c(c2)NCC3)C1. The van der Waals surface area contributed by atoms with Gasteiger partial charge in [0.15, 0.2) is 0 Å². The first-order chi connectivity index (χ1) is 9.58. The summed E-state index contributed by atoms with van der Waals surface area (Å²) in [5.74, 6) is 0. The molecule has 1 heterocycles. The molecule has 2 unspecified atom stereocenters. The number of benzene rings is 1. The van der Waals surface area contributed by atoms with Crippen LogP contribution in [-0.4, -0.2) is 34.2 Å². The Balaban J connectivity index is 1.75. The van der Waals surface area contributed by atoms with Gasteiger partial charge in [0.25, 0.3) is 0 Å². The van der Waals surface area contributed by atoms with Gasteiger partial charge >= 0.3 is 0 Å². The Hall–Kier alpha value is -1.11. The molecule has 5 nitrogen and oxygen atoms in total. The molecule has 1 aromatic carbocycles. The van der Waals surface area contributed by atoms with Crippen molar-refractivity contribution in [2.24, 2.45) is 0 Å². The molecule has 6 heteroatoms. The van der Waals surface area contributed by atoms with Crippen molar-refractivity contribution >= 4 is 15.7 Å². The quantitative estimate of drug-likeness (QED) is 0.883. The van der Waals surface area contributed by atoms with Gasteiger partial charge < -0.3 is 10.1 Å². The second-order valence-electron chi connectivity index (χ2n) is 5.48.